The number of nitrogens with one attached hydrogen (secondary N) is 2. The molecule has 0 unspecified atom stereocenters. The zero-order valence-corrected chi connectivity index (χ0v) is 27.2. The van der Waals surface area contributed by atoms with Crippen LogP contribution in [0.5, 0.6) is 5.75 Å². The van der Waals surface area contributed by atoms with E-state index >= 15 is 0 Å². The van der Waals surface area contributed by atoms with Crippen LogP contribution in [0.4, 0.5) is 0 Å². The first-order chi connectivity index (χ1) is 21.5. The van der Waals surface area contributed by atoms with Crippen LogP contribution in [-0.2, 0) is 27.2 Å². The molecule has 3 amide bonds. The van der Waals surface area contributed by atoms with E-state index in [9.17, 15) is 19.5 Å². The second-order valence-corrected chi connectivity index (χ2v) is 14.2. The number of benzene rings is 3. The Balaban J connectivity index is 1.32. The van der Waals surface area contributed by atoms with Crippen LogP contribution in [0.1, 0.15) is 60.5 Å². The number of rotatable bonds is 10. The van der Waals surface area contributed by atoms with E-state index < -0.39 is 34.7 Å². The minimum absolute atomic E-state index is 0.132. The number of hydrogen-bond donors (Lipinski definition) is 3. The number of para-hydroxylation sites is 1. The van der Waals surface area contributed by atoms with Gasteiger partial charge in [0, 0.05) is 4.75 Å². The number of carbonyl (C=O) groups excluding carboxylic acids is 3. The standard InChI is InChI=1S/C36H43N3O5S/c1-23-12-10-13-24(2)32(23)44-21-30(40)37-29(20-25-14-6-5-7-15-25)31(41)35(43)39-22-45-36(3,4)33(39)34(42)38-28-19-11-17-26-16-8-9-18-27(26)28/h5-10,12-16,18,28-29,31,33,41H,11,17,19-22H2,1-4H3,(H,37,40)(H,38,42)/t28-,29-,31-,33-/m0/s1. The predicted octanol–water partition coefficient (Wildman–Crippen LogP) is 4.64. The molecule has 2 aliphatic rings. The summed E-state index contributed by atoms with van der Waals surface area (Å²) in [6.45, 7) is 7.46. The first-order valence-electron chi connectivity index (χ1n) is 15.6. The third-order valence-corrected chi connectivity index (χ3v) is 10.2. The highest BCUT2D eigenvalue weighted by atomic mass is 32.2. The first-order valence-corrected chi connectivity index (χ1v) is 16.6. The molecule has 3 aromatic rings. The third-order valence-electron chi connectivity index (χ3n) is 8.80. The summed E-state index contributed by atoms with van der Waals surface area (Å²) in [5.74, 6) is -0.391. The van der Waals surface area contributed by atoms with Gasteiger partial charge >= 0.3 is 0 Å². The Morgan fingerprint density at radius 2 is 1.69 bits per heavy atom. The van der Waals surface area contributed by atoms with E-state index in [-0.39, 0.29) is 30.9 Å². The Morgan fingerprint density at radius 3 is 2.42 bits per heavy atom. The van der Waals surface area contributed by atoms with Gasteiger partial charge in [0.2, 0.25) is 5.91 Å². The molecule has 3 aromatic carbocycles. The van der Waals surface area contributed by atoms with Crippen molar-refractivity contribution in [1.29, 1.82) is 0 Å². The normalized spacial score (nSPS) is 20.1. The van der Waals surface area contributed by atoms with Gasteiger partial charge in [-0.1, -0.05) is 72.8 Å². The lowest BCUT2D eigenvalue weighted by Gasteiger charge is -2.35. The quantitative estimate of drug-likeness (QED) is 0.302. The van der Waals surface area contributed by atoms with Crippen LogP contribution in [0.15, 0.2) is 72.8 Å². The fraction of sp³-hybridized carbons (Fsp3) is 0.417. The molecule has 0 aromatic heterocycles. The average Bonchev–Trinajstić information content (AvgIpc) is 3.35. The summed E-state index contributed by atoms with van der Waals surface area (Å²) in [5, 5.41) is 17.6. The molecule has 1 aliphatic heterocycles. The average molecular weight is 630 g/mol. The Hall–Kier alpha value is -3.82. The Labute approximate surface area is 269 Å². The van der Waals surface area contributed by atoms with Crippen LogP contribution in [-0.4, -0.2) is 63.1 Å². The van der Waals surface area contributed by atoms with E-state index in [1.807, 2.05) is 88.4 Å². The van der Waals surface area contributed by atoms with Crippen molar-refractivity contribution >= 4 is 29.5 Å². The molecule has 5 rings (SSSR count). The number of aliphatic hydroxyl groups excluding tert-OH is 1. The van der Waals surface area contributed by atoms with Crippen molar-refractivity contribution in [2.75, 3.05) is 12.5 Å². The maximum atomic E-state index is 14.0. The number of nitrogens with zero attached hydrogens (tertiary/aromatic N) is 1. The lowest BCUT2D eigenvalue weighted by molar-refractivity contribution is -0.148. The summed E-state index contributed by atoms with van der Waals surface area (Å²) >= 11 is 1.50. The van der Waals surface area contributed by atoms with Crippen LogP contribution in [0.3, 0.4) is 0 Å². The summed E-state index contributed by atoms with van der Waals surface area (Å²) < 4.78 is 5.27. The number of carbonyl (C=O) groups is 3. The fourth-order valence-electron chi connectivity index (χ4n) is 6.43. The Bertz CT molecular complexity index is 1510. The van der Waals surface area contributed by atoms with Crippen LogP contribution in [0, 0.1) is 13.8 Å². The monoisotopic (exact) mass is 629 g/mol. The highest BCUT2D eigenvalue weighted by Crippen LogP contribution is 2.40. The van der Waals surface area contributed by atoms with Crippen molar-refractivity contribution in [1.82, 2.24) is 15.5 Å². The molecule has 0 radical (unpaired) electrons. The van der Waals surface area contributed by atoms with Gasteiger partial charge in [-0.25, -0.2) is 0 Å². The molecule has 1 aliphatic carbocycles. The number of amides is 3. The van der Waals surface area contributed by atoms with Gasteiger partial charge in [0.15, 0.2) is 12.7 Å². The fourth-order valence-corrected chi connectivity index (χ4v) is 7.57. The summed E-state index contributed by atoms with van der Waals surface area (Å²) in [6.07, 6.45) is 1.43. The van der Waals surface area contributed by atoms with Crippen molar-refractivity contribution in [3.05, 3.63) is 101 Å². The van der Waals surface area contributed by atoms with Gasteiger partial charge in [0.05, 0.1) is 18.0 Å². The van der Waals surface area contributed by atoms with E-state index in [1.165, 1.54) is 22.2 Å². The minimum Gasteiger partial charge on any atom is -0.483 e. The molecule has 0 spiro atoms. The van der Waals surface area contributed by atoms with Gasteiger partial charge in [-0.2, -0.15) is 0 Å². The van der Waals surface area contributed by atoms with Gasteiger partial charge in [0.25, 0.3) is 11.8 Å². The predicted molar refractivity (Wildman–Crippen MR) is 177 cm³/mol. The largest absolute Gasteiger partial charge is 0.483 e. The lowest BCUT2D eigenvalue weighted by atomic mass is 9.87. The molecule has 1 fully saturated rings. The van der Waals surface area contributed by atoms with E-state index in [1.54, 1.807) is 0 Å². The molecule has 4 atom stereocenters. The zero-order valence-electron chi connectivity index (χ0n) is 26.4. The number of hydrogen-bond acceptors (Lipinski definition) is 6. The summed E-state index contributed by atoms with van der Waals surface area (Å²) in [4.78, 5) is 42.5. The van der Waals surface area contributed by atoms with Crippen LogP contribution in [0.2, 0.25) is 0 Å². The second-order valence-electron chi connectivity index (χ2n) is 12.6. The van der Waals surface area contributed by atoms with Gasteiger partial charge in [0.1, 0.15) is 11.8 Å². The number of aliphatic hydroxyl groups is 1. The molecule has 238 valence electrons. The van der Waals surface area contributed by atoms with Gasteiger partial charge in [-0.05, 0) is 81.2 Å². The van der Waals surface area contributed by atoms with Crippen molar-refractivity contribution in [3.8, 4) is 5.75 Å². The van der Waals surface area contributed by atoms with E-state index in [4.69, 9.17) is 4.74 Å². The molecule has 3 N–H and O–H groups in total. The molecule has 1 saturated heterocycles. The summed E-state index contributed by atoms with van der Waals surface area (Å²) in [5.41, 5.74) is 5.03. The highest BCUT2D eigenvalue weighted by molar-refractivity contribution is 8.00. The maximum absolute atomic E-state index is 14.0. The number of aryl methyl sites for hydroxylation is 3. The van der Waals surface area contributed by atoms with Gasteiger partial charge < -0.3 is 25.4 Å². The molecular weight excluding hydrogens is 586 g/mol. The molecule has 45 heavy (non-hydrogen) atoms. The number of ether oxygens (including phenoxy) is 1. The van der Waals surface area contributed by atoms with Crippen molar-refractivity contribution in [3.63, 3.8) is 0 Å². The van der Waals surface area contributed by atoms with E-state index in [0.29, 0.717) is 5.75 Å². The minimum atomic E-state index is -1.57. The van der Waals surface area contributed by atoms with E-state index in [0.717, 1.165) is 41.5 Å². The Morgan fingerprint density at radius 1 is 1.00 bits per heavy atom. The topological polar surface area (TPSA) is 108 Å². The second kappa shape index (κ2) is 14.1. The molecular formula is C36H43N3O5S. The third kappa shape index (κ3) is 7.53. The Kier molecular flexibility index (Phi) is 10.2. The molecule has 0 bridgehead atoms. The molecule has 1 heterocycles. The SMILES string of the molecule is Cc1cccc(C)c1OCC(=O)N[C@@H](Cc1ccccc1)[C@H](O)C(=O)N1CSC(C)(C)[C@@H]1C(=O)N[C@H]1CCCc2ccccc21. The van der Waals surface area contributed by atoms with Gasteiger partial charge in [-0.15, -0.1) is 11.8 Å². The van der Waals surface area contributed by atoms with Crippen molar-refractivity contribution < 1.29 is 24.2 Å². The van der Waals surface area contributed by atoms with Crippen molar-refractivity contribution in [2.24, 2.45) is 0 Å². The van der Waals surface area contributed by atoms with E-state index in [2.05, 4.69) is 22.8 Å². The van der Waals surface area contributed by atoms with Crippen LogP contribution >= 0.6 is 11.8 Å². The first kappa shape index (κ1) is 32.6. The number of fused-ring (bicyclic) bond motifs is 1. The smallest absolute Gasteiger partial charge is 0.258 e. The molecule has 0 saturated carbocycles. The molecule has 9 heteroatoms. The number of thioether (sulfide) groups is 1. The maximum Gasteiger partial charge on any atom is 0.258 e. The molecule has 8 nitrogen and oxygen atoms in total. The van der Waals surface area contributed by atoms with Crippen LogP contribution < -0.4 is 15.4 Å². The van der Waals surface area contributed by atoms with Crippen LogP contribution in [0.25, 0.3) is 0 Å². The summed E-state index contributed by atoms with van der Waals surface area (Å²) in [7, 11) is 0. The van der Waals surface area contributed by atoms with Crippen molar-refractivity contribution in [2.45, 2.75) is 82.4 Å². The highest BCUT2D eigenvalue weighted by Gasteiger charge is 2.50. The van der Waals surface area contributed by atoms with Gasteiger partial charge in [-0.3, -0.25) is 14.4 Å². The summed E-state index contributed by atoms with van der Waals surface area (Å²) in [6, 6.07) is 21.4. The zero-order chi connectivity index (χ0) is 32.1. The lowest BCUT2D eigenvalue weighted by Crippen LogP contribution is -2.59.